The van der Waals surface area contributed by atoms with Crippen molar-refractivity contribution in [2.75, 3.05) is 65.9 Å². The summed E-state index contributed by atoms with van der Waals surface area (Å²) in [4.78, 5) is 58.1. The fourth-order valence-corrected chi connectivity index (χ4v) is 3.67. The molecule has 1 atom stereocenters. The van der Waals surface area contributed by atoms with Crippen molar-refractivity contribution in [1.29, 1.82) is 0 Å². The fraction of sp³-hybridized carbons (Fsp3) is 0.800. The molecule has 218 valence electrons. The van der Waals surface area contributed by atoms with Gasteiger partial charge in [-0.3, -0.25) is 19.2 Å². The third kappa shape index (κ3) is 17.8. The molecule has 0 unspecified atom stereocenters. The van der Waals surface area contributed by atoms with E-state index in [0.717, 1.165) is 32.1 Å². The van der Waals surface area contributed by atoms with Crippen LogP contribution in [0.1, 0.15) is 51.9 Å². The van der Waals surface area contributed by atoms with E-state index in [-0.39, 0.29) is 81.8 Å². The third-order valence-corrected chi connectivity index (χ3v) is 5.67. The van der Waals surface area contributed by atoms with Gasteiger partial charge in [0.2, 0.25) is 17.7 Å². The smallest absolute Gasteiger partial charge is 0.326 e. The van der Waals surface area contributed by atoms with Gasteiger partial charge in [0.25, 0.3) is 0 Å². The summed E-state index contributed by atoms with van der Waals surface area (Å²) in [5.74, 6) is -2.21. The quantitative estimate of drug-likeness (QED) is 0.133. The number of Topliss-reactive ketones (excluding diaryl/α,β-unsaturated/α-hetero) is 1. The number of carboxylic acids is 1. The van der Waals surface area contributed by atoms with Crippen molar-refractivity contribution in [2.45, 2.75) is 57.9 Å². The maximum atomic E-state index is 12.3. The van der Waals surface area contributed by atoms with E-state index in [2.05, 4.69) is 16.0 Å². The molecule has 0 aromatic carbocycles. The first-order valence-electron chi connectivity index (χ1n) is 13.2. The Morgan fingerprint density at radius 1 is 0.763 bits per heavy atom. The lowest BCUT2D eigenvalue weighted by Gasteiger charge is -2.23. The van der Waals surface area contributed by atoms with Crippen LogP contribution in [0.4, 0.5) is 0 Å². The third-order valence-electron chi connectivity index (χ3n) is 5.67. The molecule has 0 saturated heterocycles. The normalized spacial score (nSPS) is 14.4. The van der Waals surface area contributed by atoms with Crippen LogP contribution in [-0.2, 0) is 42.9 Å². The average molecular weight is 546 g/mol. The number of hydrogen-bond donors (Lipinski definition) is 4. The number of ether oxygens (including phenoxy) is 4. The minimum absolute atomic E-state index is 0.0120. The first kappa shape index (κ1) is 33.4. The minimum Gasteiger partial charge on any atom is -0.480 e. The van der Waals surface area contributed by atoms with Gasteiger partial charge < -0.3 is 40.0 Å². The highest BCUT2D eigenvalue weighted by Gasteiger charge is 2.26. The molecular formula is C25H43N3O10. The molecule has 1 rings (SSSR count). The molecule has 38 heavy (non-hydrogen) atoms. The predicted molar refractivity (Wildman–Crippen MR) is 135 cm³/mol. The van der Waals surface area contributed by atoms with Crippen molar-refractivity contribution < 1.29 is 48.0 Å². The summed E-state index contributed by atoms with van der Waals surface area (Å²) in [7, 11) is 0. The van der Waals surface area contributed by atoms with E-state index >= 15 is 0 Å². The van der Waals surface area contributed by atoms with Gasteiger partial charge in [0, 0.05) is 25.4 Å². The molecular weight excluding hydrogens is 502 g/mol. The Morgan fingerprint density at radius 2 is 1.32 bits per heavy atom. The second-order valence-corrected chi connectivity index (χ2v) is 9.00. The van der Waals surface area contributed by atoms with Crippen molar-refractivity contribution in [3.05, 3.63) is 0 Å². The number of amides is 3. The Labute approximate surface area is 223 Å². The number of ketones is 1. The molecule has 3 amide bonds. The molecule has 0 aliphatic heterocycles. The molecule has 0 aromatic rings. The molecule has 0 bridgehead atoms. The van der Waals surface area contributed by atoms with Crippen LogP contribution >= 0.6 is 0 Å². The monoisotopic (exact) mass is 545 g/mol. The van der Waals surface area contributed by atoms with Crippen LogP contribution < -0.4 is 16.0 Å². The average Bonchev–Trinajstić information content (AvgIpc) is 2.89. The number of nitrogens with one attached hydrogen (secondary N) is 3. The summed E-state index contributed by atoms with van der Waals surface area (Å²) in [6, 6.07) is -1.09. The Kier molecular flexibility index (Phi) is 18.8. The highest BCUT2D eigenvalue weighted by molar-refractivity contribution is 5.85. The number of carbonyl (C=O) groups excluding carboxylic acids is 4. The summed E-state index contributed by atoms with van der Waals surface area (Å²) in [6.07, 6.45) is 4.57. The Morgan fingerprint density at radius 3 is 1.89 bits per heavy atom. The fourth-order valence-electron chi connectivity index (χ4n) is 3.67. The van der Waals surface area contributed by atoms with E-state index in [1.807, 2.05) is 0 Å². The largest absolute Gasteiger partial charge is 0.480 e. The summed E-state index contributed by atoms with van der Waals surface area (Å²) in [5.41, 5.74) is 0. The Balaban J connectivity index is 1.97. The first-order chi connectivity index (χ1) is 18.3. The van der Waals surface area contributed by atoms with Crippen LogP contribution in [0.25, 0.3) is 0 Å². The van der Waals surface area contributed by atoms with Crippen LogP contribution in [0, 0.1) is 5.92 Å². The van der Waals surface area contributed by atoms with Crippen molar-refractivity contribution in [3.8, 4) is 0 Å². The molecule has 13 nitrogen and oxygen atoms in total. The maximum Gasteiger partial charge on any atom is 0.326 e. The zero-order valence-electron chi connectivity index (χ0n) is 22.3. The lowest BCUT2D eigenvalue weighted by atomic mass is 9.88. The number of carboxylic acid groups (broad SMARTS) is 1. The molecule has 0 aromatic heterocycles. The topological polar surface area (TPSA) is 179 Å². The second-order valence-electron chi connectivity index (χ2n) is 9.00. The van der Waals surface area contributed by atoms with Gasteiger partial charge in [-0.2, -0.15) is 0 Å². The van der Waals surface area contributed by atoms with E-state index in [4.69, 9.17) is 18.9 Å². The van der Waals surface area contributed by atoms with Gasteiger partial charge >= 0.3 is 5.97 Å². The van der Waals surface area contributed by atoms with Crippen LogP contribution in [-0.4, -0.2) is 107 Å². The molecule has 4 N–H and O–H groups in total. The van der Waals surface area contributed by atoms with Gasteiger partial charge in [-0.25, -0.2) is 4.79 Å². The van der Waals surface area contributed by atoms with E-state index in [9.17, 15) is 29.1 Å². The molecule has 0 radical (unpaired) electrons. The van der Waals surface area contributed by atoms with Crippen LogP contribution in [0.3, 0.4) is 0 Å². The Bertz CT molecular complexity index is 728. The van der Waals surface area contributed by atoms with E-state index in [1.165, 1.54) is 6.92 Å². The van der Waals surface area contributed by atoms with E-state index in [0.29, 0.717) is 26.4 Å². The molecule has 1 aliphatic carbocycles. The summed E-state index contributed by atoms with van der Waals surface area (Å²) >= 11 is 0. The Hall–Kier alpha value is -2.61. The molecule has 1 aliphatic rings. The van der Waals surface area contributed by atoms with Gasteiger partial charge in [-0.05, 0) is 26.2 Å². The van der Waals surface area contributed by atoms with Crippen molar-refractivity contribution in [2.24, 2.45) is 5.92 Å². The van der Waals surface area contributed by atoms with Crippen molar-refractivity contribution in [1.82, 2.24) is 16.0 Å². The van der Waals surface area contributed by atoms with E-state index < -0.39 is 12.0 Å². The number of carbonyl (C=O) groups is 5. The summed E-state index contributed by atoms with van der Waals surface area (Å²) < 4.78 is 20.8. The van der Waals surface area contributed by atoms with E-state index in [1.54, 1.807) is 0 Å². The van der Waals surface area contributed by atoms with Crippen LogP contribution in [0.5, 0.6) is 0 Å². The summed E-state index contributed by atoms with van der Waals surface area (Å²) in [5, 5.41) is 17.2. The zero-order chi connectivity index (χ0) is 28.0. The van der Waals surface area contributed by atoms with Crippen molar-refractivity contribution in [3.63, 3.8) is 0 Å². The van der Waals surface area contributed by atoms with Crippen LogP contribution in [0.2, 0.25) is 0 Å². The molecule has 1 saturated carbocycles. The molecule has 13 heteroatoms. The van der Waals surface area contributed by atoms with Gasteiger partial charge in [0.1, 0.15) is 19.3 Å². The number of rotatable bonds is 22. The summed E-state index contributed by atoms with van der Waals surface area (Å²) in [6.45, 7) is 3.58. The molecule has 0 heterocycles. The molecule has 0 spiro atoms. The highest BCUT2D eigenvalue weighted by Crippen LogP contribution is 2.23. The first-order valence-corrected chi connectivity index (χ1v) is 13.2. The number of hydrogen-bond acceptors (Lipinski definition) is 9. The highest BCUT2D eigenvalue weighted by atomic mass is 16.5. The van der Waals surface area contributed by atoms with Crippen molar-refractivity contribution >= 4 is 29.5 Å². The molecule has 1 fully saturated rings. The van der Waals surface area contributed by atoms with Gasteiger partial charge in [0.05, 0.1) is 39.6 Å². The SMILES string of the molecule is CC(=O)COCCOCCNC(=O)COCCOCCNC(=O)CC[C@H](NC(=O)C1CCCCC1)C(=O)O. The predicted octanol–water partition coefficient (Wildman–Crippen LogP) is -0.196. The maximum absolute atomic E-state index is 12.3. The minimum atomic E-state index is -1.15. The van der Waals surface area contributed by atoms with Gasteiger partial charge in [-0.15, -0.1) is 0 Å². The second kappa shape index (κ2) is 21.3. The van der Waals surface area contributed by atoms with Gasteiger partial charge in [0.15, 0.2) is 5.78 Å². The van der Waals surface area contributed by atoms with Gasteiger partial charge in [-0.1, -0.05) is 19.3 Å². The standard InChI is InChI=1S/C25H43N3O10/c1-19(29)17-37-15-13-36-12-10-27-23(31)18-38-16-14-35-11-9-26-22(30)8-7-21(25(33)34)28-24(32)20-5-3-2-4-6-20/h20-21H,2-18H2,1H3,(H,26,30)(H,27,31)(H,28,32)(H,33,34)/t21-/m0/s1. The lowest BCUT2D eigenvalue weighted by molar-refractivity contribution is -0.143. The number of aliphatic carboxylic acids is 1. The zero-order valence-corrected chi connectivity index (χ0v) is 22.3. The lowest BCUT2D eigenvalue weighted by Crippen LogP contribution is -2.44. The van der Waals surface area contributed by atoms with Crippen LogP contribution in [0.15, 0.2) is 0 Å².